The van der Waals surface area contributed by atoms with E-state index < -0.39 is 17.3 Å². The molecule has 0 saturated heterocycles. The van der Waals surface area contributed by atoms with E-state index in [1.807, 2.05) is 0 Å². The molecule has 1 unspecified atom stereocenters. The minimum atomic E-state index is -2.42. The van der Waals surface area contributed by atoms with Gasteiger partial charge < -0.3 is 9.67 Å². The molecular formula is C11H12N2O5S. The van der Waals surface area contributed by atoms with Gasteiger partial charge in [-0.15, -0.1) is 4.28 Å². The van der Waals surface area contributed by atoms with Gasteiger partial charge in [0.1, 0.15) is 6.54 Å². The van der Waals surface area contributed by atoms with Crippen molar-refractivity contribution >= 4 is 33.9 Å². The second-order valence-electron chi connectivity index (χ2n) is 3.84. The van der Waals surface area contributed by atoms with Crippen LogP contribution < -0.4 is 5.06 Å². The second-order valence-corrected chi connectivity index (χ2v) is 4.42. The molecule has 1 atom stereocenters. The Morgan fingerprint density at radius 3 is 2.84 bits per heavy atom. The minimum Gasteiger partial charge on any atom is -0.480 e. The fourth-order valence-corrected chi connectivity index (χ4v) is 2.17. The van der Waals surface area contributed by atoms with Crippen LogP contribution in [0.15, 0.2) is 30.5 Å². The summed E-state index contributed by atoms with van der Waals surface area (Å²) in [6, 6.07) is 6.93. The van der Waals surface area contributed by atoms with Gasteiger partial charge in [-0.3, -0.25) is 9.35 Å². The molecule has 0 saturated carbocycles. The van der Waals surface area contributed by atoms with Gasteiger partial charge in [-0.2, -0.15) is 4.21 Å². The Hall–Kier alpha value is -1.90. The molecule has 8 heteroatoms. The maximum atomic E-state index is 10.7. The van der Waals surface area contributed by atoms with Crippen LogP contribution in [0, 0.1) is 0 Å². The van der Waals surface area contributed by atoms with Gasteiger partial charge in [-0.05, 0) is 18.2 Å². The Labute approximate surface area is 111 Å². The summed E-state index contributed by atoms with van der Waals surface area (Å²) in [5, 5.41) is 10.7. The fraction of sp³-hybridized carbons (Fsp3) is 0.182. The highest BCUT2D eigenvalue weighted by molar-refractivity contribution is 7.74. The smallest absolute Gasteiger partial charge is 0.325 e. The van der Waals surface area contributed by atoms with Crippen molar-refractivity contribution in [3.63, 3.8) is 0 Å². The highest BCUT2D eigenvalue weighted by atomic mass is 32.2. The highest BCUT2D eigenvalue weighted by Gasteiger charge is 2.12. The average Bonchev–Trinajstić information content (AvgIpc) is 2.70. The van der Waals surface area contributed by atoms with Gasteiger partial charge in [-0.1, -0.05) is 6.07 Å². The molecule has 1 aromatic carbocycles. The quantitative estimate of drug-likeness (QED) is 0.634. The zero-order valence-corrected chi connectivity index (χ0v) is 10.8. The predicted octanol–water partition coefficient (Wildman–Crippen LogP) is 1.23. The van der Waals surface area contributed by atoms with Crippen molar-refractivity contribution in [3.8, 4) is 0 Å². The van der Waals surface area contributed by atoms with Crippen molar-refractivity contribution in [3.05, 3.63) is 30.5 Å². The fourth-order valence-electron chi connectivity index (χ4n) is 1.90. The molecule has 2 rings (SSSR count). The first-order valence-corrected chi connectivity index (χ1v) is 6.35. The van der Waals surface area contributed by atoms with Crippen LogP contribution in [0.2, 0.25) is 0 Å². The molecule has 0 bridgehead atoms. The first-order chi connectivity index (χ1) is 8.99. The van der Waals surface area contributed by atoms with Crippen LogP contribution in [0.4, 0.5) is 5.69 Å². The molecule has 19 heavy (non-hydrogen) atoms. The predicted molar refractivity (Wildman–Crippen MR) is 69.8 cm³/mol. The summed E-state index contributed by atoms with van der Waals surface area (Å²) in [7, 11) is 1.50. The number of carboxylic acid groups (broad SMARTS) is 1. The summed E-state index contributed by atoms with van der Waals surface area (Å²) in [5.74, 6) is -0.941. The zero-order chi connectivity index (χ0) is 14.0. The number of hydrogen-bond acceptors (Lipinski definition) is 4. The topological polar surface area (TPSA) is 92.0 Å². The van der Waals surface area contributed by atoms with E-state index in [1.54, 1.807) is 35.0 Å². The van der Waals surface area contributed by atoms with Crippen molar-refractivity contribution in [2.75, 3.05) is 12.1 Å². The summed E-state index contributed by atoms with van der Waals surface area (Å²) >= 11 is -2.42. The molecule has 0 aliphatic carbocycles. The number of fused-ring (bicyclic) bond motifs is 1. The molecule has 2 aromatic rings. The average molecular weight is 284 g/mol. The minimum absolute atomic E-state index is 0.149. The number of benzene rings is 1. The molecule has 0 spiro atoms. The van der Waals surface area contributed by atoms with E-state index in [9.17, 15) is 9.00 Å². The number of hydroxylamine groups is 1. The van der Waals surface area contributed by atoms with Gasteiger partial charge in [0.15, 0.2) is 0 Å². The van der Waals surface area contributed by atoms with E-state index >= 15 is 0 Å². The number of anilines is 1. The van der Waals surface area contributed by atoms with Crippen molar-refractivity contribution < 1.29 is 22.9 Å². The summed E-state index contributed by atoms with van der Waals surface area (Å²) in [5.41, 5.74) is 1.28. The number of aromatic nitrogens is 1. The SMILES string of the molecule is CN(OS(=O)O)c1cccc2c1ccn2CC(=O)O. The molecule has 1 aromatic heterocycles. The van der Waals surface area contributed by atoms with E-state index in [0.717, 1.165) is 5.39 Å². The van der Waals surface area contributed by atoms with Crippen LogP contribution in [0.25, 0.3) is 10.9 Å². The summed E-state index contributed by atoms with van der Waals surface area (Å²) in [4.78, 5) is 10.7. The maximum absolute atomic E-state index is 10.7. The Morgan fingerprint density at radius 2 is 2.21 bits per heavy atom. The third-order valence-corrected chi connectivity index (χ3v) is 2.96. The van der Waals surface area contributed by atoms with Crippen molar-refractivity contribution in [2.24, 2.45) is 0 Å². The Morgan fingerprint density at radius 1 is 1.47 bits per heavy atom. The molecule has 2 N–H and O–H groups in total. The van der Waals surface area contributed by atoms with Gasteiger partial charge in [0.05, 0.1) is 11.2 Å². The van der Waals surface area contributed by atoms with Crippen molar-refractivity contribution in [1.29, 1.82) is 0 Å². The van der Waals surface area contributed by atoms with Crippen LogP contribution in [-0.4, -0.2) is 31.5 Å². The molecular weight excluding hydrogens is 272 g/mol. The van der Waals surface area contributed by atoms with Gasteiger partial charge in [0.2, 0.25) is 0 Å². The molecule has 0 amide bonds. The van der Waals surface area contributed by atoms with Crippen LogP contribution in [0.1, 0.15) is 0 Å². The first-order valence-electron chi connectivity index (χ1n) is 5.31. The third kappa shape index (κ3) is 2.92. The van der Waals surface area contributed by atoms with E-state index in [4.69, 9.17) is 9.66 Å². The number of aliphatic carboxylic acids is 1. The number of hydrogen-bond donors (Lipinski definition) is 2. The van der Waals surface area contributed by atoms with E-state index in [1.165, 1.54) is 12.1 Å². The Kier molecular flexibility index (Phi) is 3.84. The number of nitrogens with zero attached hydrogens (tertiary/aromatic N) is 2. The Balaban J connectivity index is 2.44. The number of carboxylic acids is 1. The maximum Gasteiger partial charge on any atom is 0.325 e. The largest absolute Gasteiger partial charge is 0.480 e. The van der Waals surface area contributed by atoms with Crippen LogP contribution in [-0.2, 0) is 27.0 Å². The molecule has 0 aliphatic heterocycles. The third-order valence-electron chi connectivity index (χ3n) is 2.61. The van der Waals surface area contributed by atoms with Crippen LogP contribution >= 0.6 is 0 Å². The van der Waals surface area contributed by atoms with Crippen molar-refractivity contribution in [1.82, 2.24) is 4.57 Å². The lowest BCUT2D eigenvalue weighted by Gasteiger charge is -2.16. The van der Waals surface area contributed by atoms with E-state index in [2.05, 4.69) is 4.28 Å². The van der Waals surface area contributed by atoms with Gasteiger partial charge in [-0.25, -0.2) is 5.06 Å². The first kappa shape index (κ1) is 13.5. The summed E-state index contributed by atoms with van der Waals surface area (Å²) in [6.45, 7) is -0.149. The van der Waals surface area contributed by atoms with Crippen molar-refractivity contribution in [2.45, 2.75) is 6.54 Å². The van der Waals surface area contributed by atoms with E-state index in [-0.39, 0.29) is 6.54 Å². The normalized spacial score (nSPS) is 12.5. The standard InChI is InChI=1S/C11H12N2O5S/c1-12(18-19(16)17)9-3-2-4-10-8(9)5-6-13(10)7-11(14)15/h2-6H,7H2,1H3,(H,14,15)(H,16,17). The number of rotatable bonds is 5. The summed E-state index contributed by atoms with van der Waals surface area (Å²) in [6.07, 6.45) is 1.64. The van der Waals surface area contributed by atoms with Crippen LogP contribution in [0.3, 0.4) is 0 Å². The lowest BCUT2D eigenvalue weighted by Crippen LogP contribution is -2.19. The lowest BCUT2D eigenvalue weighted by atomic mass is 10.2. The van der Waals surface area contributed by atoms with Gasteiger partial charge in [0.25, 0.3) is 0 Å². The molecule has 7 nitrogen and oxygen atoms in total. The highest BCUT2D eigenvalue weighted by Crippen LogP contribution is 2.27. The second kappa shape index (κ2) is 5.39. The monoisotopic (exact) mass is 284 g/mol. The number of carbonyl (C=O) groups is 1. The van der Waals surface area contributed by atoms with Gasteiger partial charge in [0, 0.05) is 18.6 Å². The van der Waals surface area contributed by atoms with Gasteiger partial charge >= 0.3 is 17.3 Å². The van der Waals surface area contributed by atoms with Crippen LogP contribution in [0.5, 0.6) is 0 Å². The molecule has 0 radical (unpaired) electrons. The summed E-state index contributed by atoms with van der Waals surface area (Å²) < 4.78 is 25.6. The molecule has 102 valence electrons. The lowest BCUT2D eigenvalue weighted by molar-refractivity contribution is -0.137. The zero-order valence-electron chi connectivity index (χ0n) is 10.0. The molecule has 1 heterocycles. The Bertz CT molecular complexity index is 639. The molecule has 0 aliphatic rings. The molecule has 0 fully saturated rings. The van der Waals surface area contributed by atoms with E-state index in [0.29, 0.717) is 11.2 Å².